The van der Waals surface area contributed by atoms with Crippen LogP contribution in [0.5, 0.6) is 0 Å². The molecule has 0 N–H and O–H groups in total. The van der Waals surface area contributed by atoms with Crippen molar-refractivity contribution in [2.24, 2.45) is 5.41 Å². The van der Waals surface area contributed by atoms with Crippen molar-refractivity contribution in [1.29, 1.82) is 0 Å². The summed E-state index contributed by atoms with van der Waals surface area (Å²) in [7, 11) is 0. The molecule has 5 rings (SSSR count). The third-order valence-electron chi connectivity index (χ3n) is 7.07. The minimum absolute atomic E-state index is 0.180. The largest absolute Gasteiger partial charge is 0.450 e. The number of anilines is 1. The zero-order chi connectivity index (χ0) is 22.1. The third kappa shape index (κ3) is 4.01. The fourth-order valence-electron chi connectivity index (χ4n) is 5.50. The molecule has 4 heterocycles. The lowest BCUT2D eigenvalue weighted by molar-refractivity contribution is -0.00294. The Morgan fingerprint density at radius 2 is 2.09 bits per heavy atom. The van der Waals surface area contributed by atoms with Crippen molar-refractivity contribution < 1.29 is 13.9 Å². The molecule has 0 aromatic carbocycles. The number of pyridine rings is 1. The number of hydrogen-bond acceptors (Lipinski definition) is 7. The molecule has 1 aliphatic carbocycles. The van der Waals surface area contributed by atoms with Gasteiger partial charge in [-0.25, -0.2) is 14.2 Å². The molecule has 1 amide bonds. The van der Waals surface area contributed by atoms with Crippen LogP contribution in [0, 0.1) is 11.2 Å². The van der Waals surface area contributed by atoms with E-state index in [1.54, 1.807) is 12.3 Å². The van der Waals surface area contributed by atoms with E-state index in [1.165, 1.54) is 25.1 Å². The molecule has 3 aliphatic rings. The maximum atomic E-state index is 13.9. The minimum atomic E-state index is -0.373. The van der Waals surface area contributed by atoms with Crippen molar-refractivity contribution >= 4 is 11.9 Å². The summed E-state index contributed by atoms with van der Waals surface area (Å²) < 4.78 is 19.1. The van der Waals surface area contributed by atoms with Gasteiger partial charge in [0.1, 0.15) is 11.6 Å². The van der Waals surface area contributed by atoms with E-state index >= 15 is 0 Å². The molecule has 2 aromatic rings. The van der Waals surface area contributed by atoms with Gasteiger partial charge in [0.2, 0.25) is 0 Å². The normalized spacial score (nSPS) is 22.8. The van der Waals surface area contributed by atoms with Gasteiger partial charge in [-0.15, -0.1) is 0 Å². The SMILES string of the molecule is CCOC(=O)N1CC2(CC[C@@H](N3CCN(c4ncc(F)cc4-c4cccnn4)CC3)C2)C1. The summed E-state index contributed by atoms with van der Waals surface area (Å²) in [5, 5.41) is 8.09. The summed E-state index contributed by atoms with van der Waals surface area (Å²) in [6, 6.07) is 5.68. The summed E-state index contributed by atoms with van der Waals surface area (Å²) in [6.07, 6.45) is 6.19. The lowest BCUT2D eigenvalue weighted by Gasteiger charge is -2.48. The molecule has 3 fully saturated rings. The van der Waals surface area contributed by atoms with Crippen molar-refractivity contribution in [3.8, 4) is 11.3 Å². The summed E-state index contributed by atoms with van der Waals surface area (Å²) in [4.78, 5) is 22.9. The number of hydrogen-bond donors (Lipinski definition) is 0. The first kappa shape index (κ1) is 21.1. The van der Waals surface area contributed by atoms with Gasteiger partial charge in [-0.2, -0.15) is 10.2 Å². The number of carbonyl (C=O) groups excluding carboxylic acids is 1. The predicted octanol–water partition coefficient (Wildman–Crippen LogP) is 2.81. The number of nitrogens with zero attached hydrogens (tertiary/aromatic N) is 6. The maximum Gasteiger partial charge on any atom is 0.409 e. The highest BCUT2D eigenvalue weighted by molar-refractivity contribution is 5.73. The molecule has 2 saturated heterocycles. The second-order valence-electron chi connectivity index (χ2n) is 9.11. The van der Waals surface area contributed by atoms with Crippen LogP contribution in [0.1, 0.15) is 26.2 Å². The van der Waals surface area contributed by atoms with Crippen LogP contribution in [0.25, 0.3) is 11.3 Å². The molecule has 8 nitrogen and oxygen atoms in total. The van der Waals surface area contributed by atoms with E-state index in [2.05, 4.69) is 25.0 Å². The van der Waals surface area contributed by atoms with E-state index < -0.39 is 0 Å². The van der Waals surface area contributed by atoms with Crippen molar-refractivity contribution in [3.63, 3.8) is 0 Å². The molecule has 0 unspecified atom stereocenters. The number of carbonyl (C=O) groups is 1. The lowest BCUT2D eigenvalue weighted by atomic mass is 9.78. The molecule has 1 saturated carbocycles. The third-order valence-corrected chi connectivity index (χ3v) is 7.07. The van der Waals surface area contributed by atoms with E-state index in [0.29, 0.717) is 23.9 Å². The number of amides is 1. The number of piperazine rings is 1. The van der Waals surface area contributed by atoms with Crippen LogP contribution in [0.15, 0.2) is 30.6 Å². The van der Waals surface area contributed by atoms with Crippen LogP contribution >= 0.6 is 0 Å². The molecule has 0 radical (unpaired) electrons. The van der Waals surface area contributed by atoms with Crippen LogP contribution in [-0.4, -0.2) is 83.0 Å². The molecule has 1 spiro atoms. The van der Waals surface area contributed by atoms with Crippen LogP contribution < -0.4 is 4.90 Å². The lowest BCUT2D eigenvalue weighted by Crippen LogP contribution is -2.58. The van der Waals surface area contributed by atoms with Gasteiger partial charge in [-0.1, -0.05) is 0 Å². The van der Waals surface area contributed by atoms with E-state index in [1.807, 2.05) is 17.9 Å². The van der Waals surface area contributed by atoms with E-state index in [9.17, 15) is 9.18 Å². The van der Waals surface area contributed by atoms with E-state index in [0.717, 1.165) is 51.5 Å². The van der Waals surface area contributed by atoms with Gasteiger partial charge >= 0.3 is 6.09 Å². The highest BCUT2D eigenvalue weighted by Crippen LogP contribution is 2.47. The maximum absolute atomic E-state index is 13.9. The van der Waals surface area contributed by atoms with Crippen LogP contribution in [0.4, 0.5) is 15.0 Å². The topological polar surface area (TPSA) is 74.7 Å². The Morgan fingerprint density at radius 3 is 2.81 bits per heavy atom. The molecule has 1 atom stereocenters. The van der Waals surface area contributed by atoms with Gasteiger partial charge in [0.05, 0.1) is 18.5 Å². The number of rotatable bonds is 4. The van der Waals surface area contributed by atoms with Gasteiger partial charge in [0, 0.05) is 62.5 Å². The van der Waals surface area contributed by atoms with E-state index in [4.69, 9.17) is 4.74 Å². The average Bonchev–Trinajstić information content (AvgIpc) is 3.25. The molecular formula is C23H29FN6O2. The van der Waals surface area contributed by atoms with Gasteiger partial charge in [-0.3, -0.25) is 4.90 Å². The standard InChI is InChI=1S/C23H29FN6O2/c1-2-32-22(31)30-15-23(16-30)6-5-18(13-23)28-8-10-29(11-9-28)21-19(12-17(24)14-25-21)20-4-3-7-26-27-20/h3-4,7,12,14,18H,2,5-6,8-11,13,15-16H2,1H3/t18-/m1/s1. The Morgan fingerprint density at radius 1 is 1.28 bits per heavy atom. The highest BCUT2D eigenvalue weighted by atomic mass is 19.1. The summed E-state index contributed by atoms with van der Waals surface area (Å²) in [5.74, 6) is 0.389. The molecule has 0 bridgehead atoms. The first-order valence-electron chi connectivity index (χ1n) is 11.4. The zero-order valence-electron chi connectivity index (χ0n) is 18.4. The summed E-state index contributed by atoms with van der Waals surface area (Å²) in [5.41, 5.74) is 1.58. The minimum Gasteiger partial charge on any atom is -0.450 e. The Balaban J connectivity index is 1.20. The number of likely N-dealkylation sites (tertiary alicyclic amines) is 1. The Hall–Kier alpha value is -2.81. The van der Waals surface area contributed by atoms with Crippen molar-refractivity contribution in [2.45, 2.75) is 32.2 Å². The summed E-state index contributed by atoms with van der Waals surface area (Å²) in [6.45, 7) is 7.48. The number of halogens is 1. The second kappa shape index (κ2) is 8.61. The van der Waals surface area contributed by atoms with Gasteiger partial charge in [0.25, 0.3) is 0 Å². The van der Waals surface area contributed by atoms with Crippen molar-refractivity contribution in [2.75, 3.05) is 50.8 Å². The smallest absolute Gasteiger partial charge is 0.409 e. The highest BCUT2D eigenvalue weighted by Gasteiger charge is 2.51. The number of ether oxygens (including phenoxy) is 1. The van der Waals surface area contributed by atoms with Gasteiger partial charge in [0.15, 0.2) is 0 Å². The number of aromatic nitrogens is 3. The van der Waals surface area contributed by atoms with Gasteiger partial charge < -0.3 is 14.5 Å². The molecule has 9 heteroatoms. The second-order valence-corrected chi connectivity index (χ2v) is 9.11. The monoisotopic (exact) mass is 440 g/mol. The summed E-state index contributed by atoms with van der Waals surface area (Å²) >= 11 is 0. The van der Waals surface area contributed by atoms with Crippen molar-refractivity contribution in [1.82, 2.24) is 25.0 Å². The van der Waals surface area contributed by atoms with Gasteiger partial charge in [-0.05, 0) is 44.4 Å². The first-order chi connectivity index (χ1) is 15.6. The Kier molecular flexibility index (Phi) is 5.67. The average molecular weight is 441 g/mol. The molecule has 170 valence electrons. The quantitative estimate of drug-likeness (QED) is 0.724. The molecule has 2 aromatic heterocycles. The zero-order valence-corrected chi connectivity index (χ0v) is 18.4. The first-order valence-corrected chi connectivity index (χ1v) is 11.4. The fourth-order valence-corrected chi connectivity index (χ4v) is 5.50. The van der Waals surface area contributed by atoms with E-state index in [-0.39, 0.29) is 17.3 Å². The van der Waals surface area contributed by atoms with Crippen LogP contribution in [-0.2, 0) is 4.74 Å². The van der Waals surface area contributed by atoms with Crippen LogP contribution in [0.3, 0.4) is 0 Å². The molecule has 32 heavy (non-hydrogen) atoms. The Labute approximate surface area is 187 Å². The molecule has 2 aliphatic heterocycles. The van der Waals surface area contributed by atoms with Crippen LogP contribution in [0.2, 0.25) is 0 Å². The molecular weight excluding hydrogens is 411 g/mol. The van der Waals surface area contributed by atoms with Crippen molar-refractivity contribution in [3.05, 3.63) is 36.4 Å². The predicted molar refractivity (Wildman–Crippen MR) is 118 cm³/mol. The Bertz CT molecular complexity index is 960. The fraction of sp³-hybridized carbons (Fsp3) is 0.565.